The highest BCUT2D eigenvalue weighted by atomic mass is 19.4. The number of rotatable bonds is 4. The van der Waals surface area contributed by atoms with Crippen molar-refractivity contribution in [1.29, 1.82) is 0 Å². The molecule has 0 aromatic carbocycles. The van der Waals surface area contributed by atoms with E-state index in [1.54, 1.807) is 0 Å². The van der Waals surface area contributed by atoms with Crippen molar-refractivity contribution in [1.82, 2.24) is 4.98 Å². The van der Waals surface area contributed by atoms with E-state index in [1.807, 2.05) is 0 Å². The van der Waals surface area contributed by atoms with Gasteiger partial charge in [-0.05, 0) is 6.92 Å². The molecule has 0 unspecified atom stereocenters. The lowest BCUT2D eigenvalue weighted by atomic mass is 10.2. The predicted molar refractivity (Wildman–Crippen MR) is 58.0 cm³/mol. The highest BCUT2D eigenvalue weighted by Gasteiger charge is 2.33. The second-order valence-corrected chi connectivity index (χ2v) is 3.60. The Morgan fingerprint density at radius 3 is 2.55 bits per heavy atom. The average molecular weight is 294 g/mol. The molecule has 0 aliphatic carbocycles. The first-order valence-electron chi connectivity index (χ1n) is 5.11. The van der Waals surface area contributed by atoms with Gasteiger partial charge in [-0.2, -0.15) is 0 Å². The van der Waals surface area contributed by atoms with Gasteiger partial charge in [0, 0.05) is 0 Å². The number of carbonyl (C=O) groups is 1. The smallest absolute Gasteiger partial charge is 0.469 e. The van der Waals surface area contributed by atoms with Crippen molar-refractivity contribution >= 4 is 11.7 Å². The zero-order valence-corrected chi connectivity index (χ0v) is 10.4. The first-order chi connectivity index (χ1) is 9.14. The van der Waals surface area contributed by atoms with Crippen LogP contribution in [-0.2, 0) is 16.0 Å². The number of nitro groups is 1. The molecule has 0 N–H and O–H groups in total. The molecule has 0 atom stereocenters. The maximum atomic E-state index is 12.1. The summed E-state index contributed by atoms with van der Waals surface area (Å²) in [5, 5.41) is 10.8. The van der Waals surface area contributed by atoms with Crippen LogP contribution in [0, 0.1) is 17.0 Å². The summed E-state index contributed by atoms with van der Waals surface area (Å²) in [6.45, 7) is 1.17. The molecule has 0 aliphatic heterocycles. The van der Waals surface area contributed by atoms with Crippen LogP contribution in [0.1, 0.15) is 11.4 Å². The first kappa shape index (κ1) is 15.7. The Kier molecular flexibility index (Phi) is 4.48. The van der Waals surface area contributed by atoms with E-state index in [4.69, 9.17) is 0 Å². The summed E-state index contributed by atoms with van der Waals surface area (Å²) in [6.07, 6.45) is -5.52. The van der Waals surface area contributed by atoms with Crippen molar-refractivity contribution in [3.63, 3.8) is 0 Å². The Morgan fingerprint density at radius 2 is 2.10 bits per heavy atom. The van der Waals surface area contributed by atoms with Crippen LogP contribution >= 0.6 is 0 Å². The number of aryl methyl sites for hydroxylation is 1. The fraction of sp³-hybridized carbons (Fsp3) is 0.400. The van der Waals surface area contributed by atoms with Crippen molar-refractivity contribution in [3.05, 3.63) is 27.6 Å². The number of pyridine rings is 1. The van der Waals surface area contributed by atoms with E-state index in [9.17, 15) is 28.1 Å². The van der Waals surface area contributed by atoms with Gasteiger partial charge >= 0.3 is 12.3 Å². The van der Waals surface area contributed by atoms with Crippen molar-refractivity contribution in [2.45, 2.75) is 19.7 Å². The summed E-state index contributed by atoms with van der Waals surface area (Å²) in [5.74, 6) is -1.60. The SMILES string of the molecule is COC(=O)Cc1nc(C)c(OC(F)(F)F)cc1[N+](=O)[O-]. The monoisotopic (exact) mass is 294 g/mol. The highest BCUT2D eigenvalue weighted by molar-refractivity contribution is 5.73. The van der Waals surface area contributed by atoms with Crippen LogP contribution < -0.4 is 4.74 Å². The molecule has 10 heteroatoms. The third-order valence-corrected chi connectivity index (χ3v) is 2.18. The quantitative estimate of drug-likeness (QED) is 0.478. The van der Waals surface area contributed by atoms with Gasteiger partial charge in [0.25, 0.3) is 5.69 Å². The predicted octanol–water partition coefficient (Wildman–Crippen LogP) is 1.91. The molecule has 0 aliphatic rings. The van der Waals surface area contributed by atoms with E-state index in [0.717, 1.165) is 7.11 Å². The first-order valence-corrected chi connectivity index (χ1v) is 5.11. The lowest BCUT2D eigenvalue weighted by Crippen LogP contribution is -2.19. The Morgan fingerprint density at radius 1 is 1.50 bits per heavy atom. The van der Waals surface area contributed by atoms with Gasteiger partial charge in [-0.15, -0.1) is 13.2 Å². The minimum atomic E-state index is -5.00. The number of alkyl halides is 3. The summed E-state index contributed by atoms with van der Waals surface area (Å²) < 4.78 is 44.3. The number of carbonyl (C=O) groups excluding carboxylic acids is 1. The van der Waals surface area contributed by atoms with Crippen LogP contribution in [0.2, 0.25) is 0 Å². The van der Waals surface area contributed by atoms with Crippen LogP contribution in [0.4, 0.5) is 18.9 Å². The van der Waals surface area contributed by atoms with Crippen LogP contribution in [0.5, 0.6) is 5.75 Å². The molecule has 110 valence electrons. The summed E-state index contributed by atoms with van der Waals surface area (Å²) in [7, 11) is 1.07. The Balaban J connectivity index is 3.24. The number of aromatic nitrogens is 1. The fourth-order valence-corrected chi connectivity index (χ4v) is 1.35. The number of halogens is 3. The highest BCUT2D eigenvalue weighted by Crippen LogP contribution is 2.30. The zero-order valence-electron chi connectivity index (χ0n) is 10.4. The minimum Gasteiger partial charge on any atom is -0.469 e. The molecule has 0 saturated carbocycles. The molecule has 0 saturated heterocycles. The van der Waals surface area contributed by atoms with Gasteiger partial charge in [0.05, 0.1) is 30.2 Å². The van der Waals surface area contributed by atoms with Crippen LogP contribution in [0.15, 0.2) is 6.07 Å². The lowest BCUT2D eigenvalue weighted by Gasteiger charge is -2.11. The van der Waals surface area contributed by atoms with E-state index in [0.29, 0.717) is 6.07 Å². The molecule has 0 amide bonds. The average Bonchev–Trinajstić information content (AvgIpc) is 2.30. The van der Waals surface area contributed by atoms with Crippen molar-refractivity contribution in [3.8, 4) is 5.75 Å². The standard InChI is InChI=1S/C10H9F3N2O5/c1-5-8(20-10(11,12)13)4-7(15(17)18)6(14-5)3-9(16)19-2/h4H,3H2,1-2H3. The second-order valence-electron chi connectivity index (χ2n) is 3.60. The van der Waals surface area contributed by atoms with E-state index in [-0.39, 0.29) is 11.4 Å². The largest absolute Gasteiger partial charge is 0.573 e. The maximum Gasteiger partial charge on any atom is 0.573 e. The summed E-state index contributed by atoms with van der Waals surface area (Å²) in [5.41, 5.74) is -1.28. The summed E-state index contributed by atoms with van der Waals surface area (Å²) in [4.78, 5) is 24.5. The molecular formula is C10H9F3N2O5. The van der Waals surface area contributed by atoms with Crippen LogP contribution in [0.3, 0.4) is 0 Å². The molecule has 7 nitrogen and oxygen atoms in total. The van der Waals surface area contributed by atoms with E-state index in [1.165, 1.54) is 6.92 Å². The Labute approximate surface area is 110 Å². The molecular weight excluding hydrogens is 285 g/mol. The number of hydrogen-bond donors (Lipinski definition) is 0. The maximum absolute atomic E-state index is 12.1. The number of ether oxygens (including phenoxy) is 2. The molecule has 0 spiro atoms. The molecule has 0 radical (unpaired) electrons. The minimum absolute atomic E-state index is 0.230. The van der Waals surface area contributed by atoms with E-state index >= 15 is 0 Å². The van der Waals surface area contributed by atoms with E-state index in [2.05, 4.69) is 14.5 Å². The van der Waals surface area contributed by atoms with Crippen molar-refractivity contribution in [2.24, 2.45) is 0 Å². The molecule has 0 fully saturated rings. The lowest BCUT2D eigenvalue weighted by molar-refractivity contribution is -0.386. The van der Waals surface area contributed by atoms with Crippen LogP contribution in [0.25, 0.3) is 0 Å². The van der Waals surface area contributed by atoms with E-state index < -0.39 is 35.1 Å². The van der Waals surface area contributed by atoms with Gasteiger partial charge in [-0.3, -0.25) is 14.9 Å². The number of esters is 1. The zero-order chi connectivity index (χ0) is 15.5. The number of nitrogens with zero attached hydrogens (tertiary/aromatic N) is 2. The van der Waals surface area contributed by atoms with Crippen molar-refractivity contribution < 1.29 is 32.4 Å². The number of hydrogen-bond acceptors (Lipinski definition) is 6. The molecule has 20 heavy (non-hydrogen) atoms. The normalized spacial score (nSPS) is 11.1. The van der Waals surface area contributed by atoms with Gasteiger partial charge in [-0.1, -0.05) is 0 Å². The third-order valence-electron chi connectivity index (χ3n) is 2.18. The second kappa shape index (κ2) is 5.72. The fourth-order valence-electron chi connectivity index (χ4n) is 1.35. The van der Waals surface area contributed by atoms with Gasteiger partial charge in [-0.25, -0.2) is 4.98 Å². The topological polar surface area (TPSA) is 91.6 Å². The molecule has 1 aromatic rings. The summed E-state index contributed by atoms with van der Waals surface area (Å²) >= 11 is 0. The molecule has 0 bridgehead atoms. The van der Waals surface area contributed by atoms with Gasteiger partial charge in [0.15, 0.2) is 5.75 Å². The Bertz CT molecular complexity index is 544. The Hall–Kier alpha value is -2.39. The molecule has 1 heterocycles. The van der Waals surface area contributed by atoms with Crippen LogP contribution in [-0.4, -0.2) is 29.3 Å². The van der Waals surface area contributed by atoms with Crippen molar-refractivity contribution in [2.75, 3.05) is 7.11 Å². The summed E-state index contributed by atoms with van der Waals surface area (Å²) in [6, 6.07) is 0.577. The third kappa shape index (κ3) is 4.07. The van der Waals surface area contributed by atoms with Gasteiger partial charge in [0.1, 0.15) is 5.69 Å². The molecule has 1 aromatic heterocycles. The molecule has 1 rings (SSSR count). The van der Waals surface area contributed by atoms with Gasteiger partial charge < -0.3 is 9.47 Å². The van der Waals surface area contributed by atoms with Gasteiger partial charge in [0.2, 0.25) is 0 Å². The number of methoxy groups -OCH3 is 1.